The fraction of sp³-hybridized carbons (Fsp3) is 0.143. The summed E-state index contributed by atoms with van der Waals surface area (Å²) in [5.74, 6) is 0.125. The quantitative estimate of drug-likeness (QED) is 0.776. The van der Waals surface area contributed by atoms with Crippen molar-refractivity contribution in [3.8, 4) is 16.9 Å². The average Bonchev–Trinajstić information content (AvgIpc) is 2.26. The van der Waals surface area contributed by atoms with E-state index in [1.54, 1.807) is 12.1 Å². The number of phenols is 1. The van der Waals surface area contributed by atoms with E-state index >= 15 is 0 Å². The van der Waals surface area contributed by atoms with Crippen molar-refractivity contribution in [1.29, 1.82) is 0 Å². The van der Waals surface area contributed by atoms with Crippen LogP contribution in [-0.2, 0) is 0 Å². The minimum absolute atomic E-state index is 0.125. The first kappa shape index (κ1) is 11.0. The van der Waals surface area contributed by atoms with Crippen molar-refractivity contribution in [2.45, 2.75) is 13.8 Å². The van der Waals surface area contributed by atoms with Gasteiger partial charge in [0.05, 0.1) is 5.02 Å². The molecular weight excluding hydrogens is 220 g/mol. The van der Waals surface area contributed by atoms with Crippen molar-refractivity contribution in [2.24, 2.45) is 0 Å². The largest absolute Gasteiger partial charge is 0.506 e. The van der Waals surface area contributed by atoms with Crippen molar-refractivity contribution in [3.05, 3.63) is 52.5 Å². The summed E-state index contributed by atoms with van der Waals surface area (Å²) in [5.41, 5.74) is 4.51. The first-order chi connectivity index (χ1) is 7.58. The van der Waals surface area contributed by atoms with Crippen molar-refractivity contribution in [3.63, 3.8) is 0 Å². The minimum Gasteiger partial charge on any atom is -0.506 e. The van der Waals surface area contributed by atoms with E-state index in [2.05, 4.69) is 32.0 Å². The van der Waals surface area contributed by atoms with Gasteiger partial charge in [0.15, 0.2) is 0 Å². The zero-order chi connectivity index (χ0) is 11.7. The second-order valence-corrected chi connectivity index (χ2v) is 4.39. The maximum absolute atomic E-state index is 9.59. The van der Waals surface area contributed by atoms with Crippen LogP contribution in [0.3, 0.4) is 0 Å². The van der Waals surface area contributed by atoms with Gasteiger partial charge in [-0.25, -0.2) is 0 Å². The van der Waals surface area contributed by atoms with Gasteiger partial charge in [0.25, 0.3) is 0 Å². The molecule has 1 N–H and O–H groups in total. The Labute approximate surface area is 100 Å². The van der Waals surface area contributed by atoms with Gasteiger partial charge in [0.1, 0.15) is 5.75 Å². The summed E-state index contributed by atoms with van der Waals surface area (Å²) in [6.45, 7) is 4.11. The van der Waals surface area contributed by atoms with Gasteiger partial charge in [-0.15, -0.1) is 0 Å². The van der Waals surface area contributed by atoms with Gasteiger partial charge in [0, 0.05) is 0 Å². The summed E-state index contributed by atoms with van der Waals surface area (Å²) in [4.78, 5) is 0. The highest BCUT2D eigenvalue weighted by atomic mass is 35.5. The lowest BCUT2D eigenvalue weighted by Crippen LogP contribution is -1.85. The van der Waals surface area contributed by atoms with E-state index in [0.29, 0.717) is 5.02 Å². The molecule has 2 aromatic rings. The summed E-state index contributed by atoms with van der Waals surface area (Å²) in [6.07, 6.45) is 0. The Morgan fingerprint density at radius 2 is 1.75 bits per heavy atom. The molecule has 0 saturated heterocycles. The number of phenolic OH excluding ortho intramolecular Hbond substituents is 1. The van der Waals surface area contributed by atoms with E-state index in [1.807, 2.05) is 6.07 Å². The van der Waals surface area contributed by atoms with Crippen LogP contribution in [0.1, 0.15) is 11.1 Å². The van der Waals surface area contributed by atoms with Crippen LogP contribution in [-0.4, -0.2) is 5.11 Å². The van der Waals surface area contributed by atoms with Crippen LogP contribution in [0.15, 0.2) is 36.4 Å². The van der Waals surface area contributed by atoms with Gasteiger partial charge < -0.3 is 5.11 Å². The molecule has 0 spiro atoms. The number of hydrogen-bond acceptors (Lipinski definition) is 1. The van der Waals surface area contributed by atoms with E-state index < -0.39 is 0 Å². The normalized spacial score (nSPS) is 10.4. The Morgan fingerprint density at radius 1 is 1.00 bits per heavy atom. The number of benzene rings is 2. The molecule has 0 atom stereocenters. The van der Waals surface area contributed by atoms with E-state index in [-0.39, 0.29) is 5.75 Å². The predicted molar refractivity (Wildman–Crippen MR) is 68.0 cm³/mol. The molecule has 0 saturated carbocycles. The lowest BCUT2D eigenvalue weighted by atomic mass is 9.98. The predicted octanol–water partition coefficient (Wildman–Crippen LogP) is 4.33. The van der Waals surface area contributed by atoms with Crippen LogP contribution in [0.4, 0.5) is 0 Å². The molecule has 2 aromatic carbocycles. The highest BCUT2D eigenvalue weighted by molar-refractivity contribution is 6.32. The van der Waals surface area contributed by atoms with E-state index in [4.69, 9.17) is 11.6 Å². The maximum atomic E-state index is 9.59. The van der Waals surface area contributed by atoms with Crippen molar-refractivity contribution in [1.82, 2.24) is 0 Å². The number of aromatic hydroxyl groups is 1. The summed E-state index contributed by atoms with van der Waals surface area (Å²) in [5, 5.41) is 9.97. The molecular formula is C14H13ClO. The maximum Gasteiger partial charge on any atom is 0.134 e. The Hall–Kier alpha value is -1.47. The molecule has 16 heavy (non-hydrogen) atoms. The fourth-order valence-corrected chi connectivity index (χ4v) is 1.84. The van der Waals surface area contributed by atoms with Gasteiger partial charge in [-0.2, -0.15) is 0 Å². The minimum atomic E-state index is 0.125. The molecule has 2 heteroatoms. The Kier molecular flexibility index (Phi) is 2.88. The third-order valence-electron chi connectivity index (χ3n) is 2.65. The zero-order valence-corrected chi connectivity index (χ0v) is 10.0. The van der Waals surface area contributed by atoms with Gasteiger partial charge >= 0.3 is 0 Å². The number of aryl methyl sites for hydroxylation is 2. The standard InChI is InChI=1S/C14H13ClO/c1-9-3-4-10(2)12(7-9)11-5-6-13(15)14(16)8-11/h3-8,16H,1-2H3. The molecule has 0 heterocycles. The first-order valence-electron chi connectivity index (χ1n) is 5.14. The third kappa shape index (κ3) is 2.05. The monoisotopic (exact) mass is 232 g/mol. The molecule has 0 unspecified atom stereocenters. The third-order valence-corrected chi connectivity index (χ3v) is 2.97. The van der Waals surface area contributed by atoms with E-state index in [1.165, 1.54) is 11.1 Å². The van der Waals surface area contributed by atoms with Crippen molar-refractivity contribution < 1.29 is 5.11 Å². The number of rotatable bonds is 1. The Bertz CT molecular complexity index is 532. The average molecular weight is 233 g/mol. The number of halogens is 1. The molecule has 0 amide bonds. The topological polar surface area (TPSA) is 20.2 Å². The Morgan fingerprint density at radius 3 is 2.44 bits per heavy atom. The summed E-state index contributed by atoms with van der Waals surface area (Å²) in [7, 11) is 0. The molecule has 0 bridgehead atoms. The molecule has 0 radical (unpaired) electrons. The van der Waals surface area contributed by atoms with E-state index in [0.717, 1.165) is 11.1 Å². The molecule has 0 aliphatic rings. The second-order valence-electron chi connectivity index (χ2n) is 3.98. The van der Waals surface area contributed by atoms with Crippen LogP contribution in [0.5, 0.6) is 5.75 Å². The molecule has 0 aliphatic carbocycles. The Balaban J connectivity index is 2.58. The van der Waals surface area contributed by atoms with E-state index in [9.17, 15) is 5.11 Å². The van der Waals surface area contributed by atoms with Crippen molar-refractivity contribution in [2.75, 3.05) is 0 Å². The smallest absolute Gasteiger partial charge is 0.134 e. The van der Waals surface area contributed by atoms with Crippen LogP contribution >= 0.6 is 11.6 Å². The van der Waals surface area contributed by atoms with Crippen LogP contribution in [0.25, 0.3) is 11.1 Å². The molecule has 1 nitrogen and oxygen atoms in total. The molecule has 0 fully saturated rings. The SMILES string of the molecule is Cc1ccc(C)c(-c2ccc(Cl)c(O)c2)c1. The molecule has 2 rings (SSSR count). The van der Waals surface area contributed by atoms with Crippen LogP contribution in [0.2, 0.25) is 5.02 Å². The summed E-state index contributed by atoms with van der Waals surface area (Å²) < 4.78 is 0. The highest BCUT2D eigenvalue weighted by Gasteiger charge is 2.05. The van der Waals surface area contributed by atoms with Gasteiger partial charge in [-0.3, -0.25) is 0 Å². The fourth-order valence-electron chi connectivity index (χ4n) is 1.73. The lowest BCUT2D eigenvalue weighted by Gasteiger charge is -2.08. The van der Waals surface area contributed by atoms with Gasteiger partial charge in [0.2, 0.25) is 0 Å². The van der Waals surface area contributed by atoms with Crippen LogP contribution < -0.4 is 0 Å². The molecule has 82 valence electrons. The first-order valence-corrected chi connectivity index (χ1v) is 5.52. The lowest BCUT2D eigenvalue weighted by molar-refractivity contribution is 0.476. The highest BCUT2D eigenvalue weighted by Crippen LogP contribution is 2.31. The van der Waals surface area contributed by atoms with Gasteiger partial charge in [-0.05, 0) is 42.7 Å². The molecule has 0 aromatic heterocycles. The number of hydrogen-bond donors (Lipinski definition) is 1. The molecule has 0 aliphatic heterocycles. The van der Waals surface area contributed by atoms with Crippen molar-refractivity contribution >= 4 is 11.6 Å². The zero-order valence-electron chi connectivity index (χ0n) is 9.29. The van der Waals surface area contributed by atoms with Gasteiger partial charge in [-0.1, -0.05) is 41.4 Å². The second kappa shape index (κ2) is 4.18. The summed E-state index contributed by atoms with van der Waals surface area (Å²) in [6, 6.07) is 11.6. The summed E-state index contributed by atoms with van der Waals surface area (Å²) >= 11 is 5.79. The van der Waals surface area contributed by atoms with Crippen LogP contribution in [0, 0.1) is 13.8 Å².